The second kappa shape index (κ2) is 5.63. The van der Waals surface area contributed by atoms with Crippen molar-refractivity contribution >= 4 is 0 Å². The van der Waals surface area contributed by atoms with Crippen LogP contribution in [-0.4, -0.2) is 10.5 Å². The fourth-order valence-corrected chi connectivity index (χ4v) is 2.99. The summed E-state index contributed by atoms with van der Waals surface area (Å²) in [5, 5.41) is 0. The second-order valence-corrected chi connectivity index (χ2v) is 5.59. The molecule has 0 spiro atoms. The third kappa shape index (κ3) is 3.53. The summed E-state index contributed by atoms with van der Waals surface area (Å²) < 4.78 is 0. The SMILES string of the molecule is CCCC1CCC(N)(Cc2ccccn2)CC1. The van der Waals surface area contributed by atoms with E-state index in [-0.39, 0.29) is 5.54 Å². The third-order valence-electron chi connectivity index (χ3n) is 4.06. The van der Waals surface area contributed by atoms with Crippen molar-refractivity contribution in [3.8, 4) is 0 Å². The molecule has 1 aromatic heterocycles. The number of hydrogen-bond acceptors (Lipinski definition) is 2. The van der Waals surface area contributed by atoms with Crippen LogP contribution < -0.4 is 5.73 Å². The van der Waals surface area contributed by atoms with Gasteiger partial charge >= 0.3 is 0 Å². The fraction of sp³-hybridized carbons (Fsp3) is 0.667. The van der Waals surface area contributed by atoms with Crippen molar-refractivity contribution in [1.82, 2.24) is 4.98 Å². The molecular weight excluding hydrogens is 208 g/mol. The number of nitrogens with zero attached hydrogens (tertiary/aromatic N) is 1. The highest BCUT2D eigenvalue weighted by Crippen LogP contribution is 2.34. The highest BCUT2D eigenvalue weighted by atomic mass is 14.8. The van der Waals surface area contributed by atoms with E-state index in [1.807, 2.05) is 12.3 Å². The van der Waals surface area contributed by atoms with Crippen molar-refractivity contribution in [1.29, 1.82) is 0 Å². The number of nitrogens with two attached hydrogens (primary N) is 1. The van der Waals surface area contributed by atoms with Gasteiger partial charge in [-0.1, -0.05) is 25.8 Å². The lowest BCUT2D eigenvalue weighted by Crippen LogP contribution is -2.45. The summed E-state index contributed by atoms with van der Waals surface area (Å²) in [6, 6.07) is 6.10. The number of rotatable bonds is 4. The van der Waals surface area contributed by atoms with E-state index in [9.17, 15) is 0 Å². The molecule has 0 saturated heterocycles. The molecule has 2 nitrogen and oxygen atoms in total. The van der Waals surface area contributed by atoms with Crippen LogP contribution in [0.15, 0.2) is 24.4 Å². The van der Waals surface area contributed by atoms with Gasteiger partial charge in [-0.05, 0) is 43.7 Å². The highest BCUT2D eigenvalue weighted by molar-refractivity contribution is 5.09. The zero-order valence-electron chi connectivity index (χ0n) is 10.9. The number of hydrogen-bond donors (Lipinski definition) is 1. The maximum atomic E-state index is 6.51. The minimum absolute atomic E-state index is 0.00139. The van der Waals surface area contributed by atoms with Crippen LogP contribution in [0, 0.1) is 5.92 Å². The molecule has 2 rings (SSSR count). The molecule has 1 aromatic rings. The molecule has 0 unspecified atom stereocenters. The Morgan fingerprint density at radius 2 is 2.12 bits per heavy atom. The molecule has 0 aliphatic heterocycles. The smallest absolute Gasteiger partial charge is 0.0421 e. The first-order chi connectivity index (χ1) is 8.22. The Balaban J connectivity index is 1.89. The molecule has 1 heterocycles. The first-order valence-corrected chi connectivity index (χ1v) is 6.91. The van der Waals surface area contributed by atoms with Crippen molar-refractivity contribution in [3.63, 3.8) is 0 Å². The highest BCUT2D eigenvalue weighted by Gasteiger charge is 2.31. The zero-order chi connectivity index (χ0) is 12.1. The maximum Gasteiger partial charge on any atom is 0.0421 e. The Morgan fingerprint density at radius 3 is 2.71 bits per heavy atom. The van der Waals surface area contributed by atoms with E-state index in [0.717, 1.165) is 30.9 Å². The van der Waals surface area contributed by atoms with Crippen molar-refractivity contribution in [2.24, 2.45) is 11.7 Å². The van der Waals surface area contributed by atoms with E-state index < -0.39 is 0 Å². The first kappa shape index (κ1) is 12.6. The zero-order valence-corrected chi connectivity index (χ0v) is 10.9. The van der Waals surface area contributed by atoms with E-state index in [1.54, 1.807) is 0 Å². The molecule has 0 aromatic carbocycles. The predicted molar refractivity (Wildman–Crippen MR) is 71.7 cm³/mol. The van der Waals surface area contributed by atoms with Crippen molar-refractivity contribution in [2.45, 2.75) is 57.4 Å². The number of pyridine rings is 1. The third-order valence-corrected chi connectivity index (χ3v) is 4.06. The molecule has 1 aliphatic carbocycles. The van der Waals surface area contributed by atoms with Gasteiger partial charge in [0, 0.05) is 23.9 Å². The maximum absolute atomic E-state index is 6.51. The Kier molecular flexibility index (Phi) is 4.16. The van der Waals surface area contributed by atoms with Crippen LogP contribution in [0.2, 0.25) is 0 Å². The predicted octanol–water partition coefficient (Wildman–Crippen LogP) is 3.31. The summed E-state index contributed by atoms with van der Waals surface area (Å²) in [6.45, 7) is 2.28. The van der Waals surface area contributed by atoms with Crippen LogP contribution in [0.1, 0.15) is 51.1 Å². The van der Waals surface area contributed by atoms with Crippen LogP contribution in [-0.2, 0) is 6.42 Å². The molecule has 2 N–H and O–H groups in total. The Labute approximate surface area is 105 Å². The summed E-state index contributed by atoms with van der Waals surface area (Å²) >= 11 is 0. The molecule has 0 bridgehead atoms. The molecule has 0 amide bonds. The molecule has 17 heavy (non-hydrogen) atoms. The molecule has 94 valence electrons. The quantitative estimate of drug-likeness (QED) is 0.865. The molecule has 2 heteroatoms. The van der Waals surface area contributed by atoms with Gasteiger partial charge in [0.1, 0.15) is 0 Å². The van der Waals surface area contributed by atoms with E-state index in [0.29, 0.717) is 0 Å². The van der Waals surface area contributed by atoms with Crippen molar-refractivity contribution in [2.75, 3.05) is 0 Å². The average Bonchev–Trinajstić information content (AvgIpc) is 2.34. The molecule has 1 fully saturated rings. The molecule has 0 radical (unpaired) electrons. The first-order valence-electron chi connectivity index (χ1n) is 6.91. The summed E-state index contributed by atoms with van der Waals surface area (Å²) in [4.78, 5) is 4.39. The number of aromatic nitrogens is 1. The minimum atomic E-state index is -0.00139. The van der Waals surface area contributed by atoms with E-state index in [4.69, 9.17) is 5.73 Å². The molecule has 1 aliphatic rings. The van der Waals surface area contributed by atoms with Crippen LogP contribution in [0.4, 0.5) is 0 Å². The summed E-state index contributed by atoms with van der Waals surface area (Å²) in [5.41, 5.74) is 7.65. The van der Waals surface area contributed by atoms with Gasteiger partial charge < -0.3 is 5.73 Å². The lowest BCUT2D eigenvalue weighted by molar-refractivity contribution is 0.222. The molecule has 0 atom stereocenters. The van der Waals surface area contributed by atoms with Gasteiger partial charge in [-0.2, -0.15) is 0 Å². The normalized spacial score (nSPS) is 29.2. The van der Waals surface area contributed by atoms with Crippen molar-refractivity contribution < 1.29 is 0 Å². The van der Waals surface area contributed by atoms with Gasteiger partial charge in [0.15, 0.2) is 0 Å². The van der Waals surface area contributed by atoms with Gasteiger partial charge in [0.25, 0.3) is 0 Å². The van der Waals surface area contributed by atoms with Crippen LogP contribution in [0.25, 0.3) is 0 Å². The topological polar surface area (TPSA) is 38.9 Å². The van der Waals surface area contributed by atoms with Crippen molar-refractivity contribution in [3.05, 3.63) is 30.1 Å². The standard InChI is InChI=1S/C15H24N2/c1-2-5-13-7-9-15(16,10-8-13)12-14-6-3-4-11-17-14/h3-4,6,11,13H,2,5,7-10,12,16H2,1H3. The van der Waals surface area contributed by atoms with Gasteiger partial charge in [-0.3, -0.25) is 4.98 Å². The van der Waals surface area contributed by atoms with Gasteiger partial charge in [-0.15, -0.1) is 0 Å². The Morgan fingerprint density at radius 1 is 1.35 bits per heavy atom. The van der Waals surface area contributed by atoms with Crippen LogP contribution in [0.3, 0.4) is 0 Å². The fourth-order valence-electron chi connectivity index (χ4n) is 2.99. The molecule has 1 saturated carbocycles. The molecular formula is C15H24N2. The summed E-state index contributed by atoms with van der Waals surface area (Å²) in [7, 11) is 0. The second-order valence-electron chi connectivity index (χ2n) is 5.59. The van der Waals surface area contributed by atoms with Gasteiger partial charge in [0.2, 0.25) is 0 Å². The monoisotopic (exact) mass is 232 g/mol. The van der Waals surface area contributed by atoms with Crippen LogP contribution >= 0.6 is 0 Å². The lowest BCUT2D eigenvalue weighted by Gasteiger charge is -2.37. The largest absolute Gasteiger partial charge is 0.325 e. The minimum Gasteiger partial charge on any atom is -0.325 e. The van der Waals surface area contributed by atoms with Crippen LogP contribution in [0.5, 0.6) is 0 Å². The van der Waals surface area contributed by atoms with Gasteiger partial charge in [-0.25, -0.2) is 0 Å². The Hall–Kier alpha value is -0.890. The lowest BCUT2D eigenvalue weighted by atomic mass is 9.73. The van der Waals surface area contributed by atoms with Gasteiger partial charge in [0.05, 0.1) is 0 Å². The summed E-state index contributed by atoms with van der Waals surface area (Å²) in [5.74, 6) is 0.917. The van der Waals surface area contributed by atoms with E-state index >= 15 is 0 Å². The average molecular weight is 232 g/mol. The van der Waals surface area contributed by atoms with E-state index in [2.05, 4.69) is 24.0 Å². The summed E-state index contributed by atoms with van der Waals surface area (Å²) in [6.07, 6.45) is 10.4. The van der Waals surface area contributed by atoms with E-state index in [1.165, 1.54) is 25.7 Å². The Bertz CT molecular complexity index is 326.